The number of hydrogen-bond donors (Lipinski definition) is 1. The molecule has 5 nitrogen and oxygen atoms in total. The third kappa shape index (κ3) is 4.19. The molecule has 0 saturated carbocycles. The van der Waals surface area contributed by atoms with E-state index in [0.717, 1.165) is 19.5 Å². The van der Waals surface area contributed by atoms with Gasteiger partial charge in [0.1, 0.15) is 0 Å². The molecule has 1 fully saturated rings. The number of carboxylic acids is 1. The summed E-state index contributed by atoms with van der Waals surface area (Å²) in [4.78, 5) is 26.2. The van der Waals surface area contributed by atoms with Crippen LogP contribution in [-0.4, -0.2) is 60.0 Å². The van der Waals surface area contributed by atoms with Gasteiger partial charge in [-0.2, -0.15) is 0 Å². The normalized spacial score (nSPS) is 19.3. The minimum absolute atomic E-state index is 0.101. The molecule has 17 heavy (non-hydrogen) atoms. The summed E-state index contributed by atoms with van der Waals surface area (Å²) in [7, 11) is 1.80. The minimum Gasteiger partial charge on any atom is -0.478 e. The molecule has 0 bridgehead atoms. The van der Waals surface area contributed by atoms with Gasteiger partial charge in [0.2, 0.25) is 5.91 Å². The molecule has 0 spiro atoms. The predicted molar refractivity (Wildman–Crippen MR) is 64.7 cm³/mol. The van der Waals surface area contributed by atoms with E-state index in [0.29, 0.717) is 25.1 Å². The number of hydrogen-bond acceptors (Lipinski definition) is 3. The highest BCUT2D eigenvalue weighted by Gasteiger charge is 2.18. The number of nitrogens with zero attached hydrogens (tertiary/aromatic N) is 2. The van der Waals surface area contributed by atoms with Gasteiger partial charge >= 0.3 is 5.97 Å². The van der Waals surface area contributed by atoms with E-state index in [9.17, 15) is 9.59 Å². The third-order valence-electron chi connectivity index (χ3n) is 3.00. The van der Waals surface area contributed by atoms with Gasteiger partial charge in [-0.15, -0.1) is 0 Å². The van der Waals surface area contributed by atoms with E-state index in [-0.39, 0.29) is 5.91 Å². The van der Waals surface area contributed by atoms with Crippen LogP contribution in [0.15, 0.2) is 11.6 Å². The van der Waals surface area contributed by atoms with Gasteiger partial charge in [0.15, 0.2) is 0 Å². The molecule has 0 aromatic heterocycles. The van der Waals surface area contributed by atoms with Crippen LogP contribution >= 0.6 is 0 Å². The summed E-state index contributed by atoms with van der Waals surface area (Å²) in [5, 5.41) is 8.89. The monoisotopic (exact) mass is 240 g/mol. The lowest BCUT2D eigenvalue weighted by Crippen LogP contribution is -2.34. The highest BCUT2D eigenvalue weighted by atomic mass is 16.4. The maximum absolute atomic E-state index is 11.6. The minimum atomic E-state index is -0.870. The van der Waals surface area contributed by atoms with Crippen LogP contribution in [0, 0.1) is 0 Å². The standard InChI is InChI=1S/C12H20N2O3/c1-3-10(12(16)17)5-8-14-7-4-6-13(2)11(15)9-14/h5H,3-4,6-9H2,1-2H3,(H,16,17). The van der Waals surface area contributed by atoms with E-state index in [4.69, 9.17) is 5.11 Å². The van der Waals surface area contributed by atoms with Crippen molar-refractivity contribution < 1.29 is 14.7 Å². The molecule has 1 rings (SSSR count). The van der Waals surface area contributed by atoms with Crippen LogP contribution in [0.4, 0.5) is 0 Å². The first-order valence-corrected chi connectivity index (χ1v) is 5.93. The van der Waals surface area contributed by atoms with E-state index in [1.165, 1.54) is 0 Å². The molecular formula is C12H20N2O3. The summed E-state index contributed by atoms with van der Waals surface area (Å²) < 4.78 is 0. The second kappa shape index (κ2) is 6.39. The van der Waals surface area contributed by atoms with Crippen molar-refractivity contribution in [2.75, 3.05) is 33.2 Å². The fourth-order valence-corrected chi connectivity index (χ4v) is 1.83. The van der Waals surface area contributed by atoms with Crippen LogP contribution in [0.25, 0.3) is 0 Å². The van der Waals surface area contributed by atoms with E-state index in [2.05, 4.69) is 0 Å². The predicted octanol–water partition coefficient (Wildman–Crippen LogP) is 0.572. The molecule has 0 unspecified atom stereocenters. The van der Waals surface area contributed by atoms with Gasteiger partial charge in [-0.25, -0.2) is 4.79 Å². The van der Waals surface area contributed by atoms with E-state index < -0.39 is 5.97 Å². The topological polar surface area (TPSA) is 60.9 Å². The number of amides is 1. The van der Waals surface area contributed by atoms with E-state index >= 15 is 0 Å². The fourth-order valence-electron chi connectivity index (χ4n) is 1.83. The Morgan fingerprint density at radius 1 is 1.47 bits per heavy atom. The smallest absolute Gasteiger partial charge is 0.331 e. The Morgan fingerprint density at radius 3 is 2.76 bits per heavy atom. The van der Waals surface area contributed by atoms with Crippen molar-refractivity contribution in [3.63, 3.8) is 0 Å². The van der Waals surface area contributed by atoms with E-state index in [1.54, 1.807) is 18.0 Å². The van der Waals surface area contributed by atoms with Crippen molar-refractivity contribution in [3.05, 3.63) is 11.6 Å². The zero-order valence-corrected chi connectivity index (χ0v) is 10.5. The Labute approximate surface area is 102 Å². The molecule has 0 aliphatic carbocycles. The van der Waals surface area contributed by atoms with Gasteiger partial charge in [-0.1, -0.05) is 13.0 Å². The van der Waals surface area contributed by atoms with Crippen molar-refractivity contribution in [2.24, 2.45) is 0 Å². The van der Waals surface area contributed by atoms with Gasteiger partial charge in [0.05, 0.1) is 6.54 Å². The van der Waals surface area contributed by atoms with Gasteiger partial charge in [-0.05, 0) is 12.8 Å². The Hall–Kier alpha value is -1.36. The number of aliphatic carboxylic acids is 1. The van der Waals surface area contributed by atoms with E-state index in [1.807, 2.05) is 11.8 Å². The molecule has 1 aliphatic heterocycles. The molecule has 0 aromatic rings. The molecule has 1 N–H and O–H groups in total. The van der Waals surface area contributed by atoms with Crippen molar-refractivity contribution in [3.8, 4) is 0 Å². The van der Waals surface area contributed by atoms with Crippen LogP contribution in [-0.2, 0) is 9.59 Å². The van der Waals surface area contributed by atoms with Crippen molar-refractivity contribution >= 4 is 11.9 Å². The molecule has 96 valence electrons. The quantitative estimate of drug-likeness (QED) is 0.730. The molecule has 0 aromatic carbocycles. The Morgan fingerprint density at radius 2 is 2.18 bits per heavy atom. The second-order valence-electron chi connectivity index (χ2n) is 4.29. The lowest BCUT2D eigenvalue weighted by Gasteiger charge is -2.17. The summed E-state index contributed by atoms with van der Waals surface area (Å²) in [6.07, 6.45) is 3.16. The number of carboxylic acid groups (broad SMARTS) is 1. The Bertz CT molecular complexity index is 326. The molecule has 1 heterocycles. The van der Waals surface area contributed by atoms with Crippen molar-refractivity contribution in [2.45, 2.75) is 19.8 Å². The summed E-state index contributed by atoms with van der Waals surface area (Å²) in [6.45, 7) is 4.35. The average molecular weight is 240 g/mol. The lowest BCUT2D eigenvalue weighted by atomic mass is 10.2. The SMILES string of the molecule is CCC(=CCN1CCCN(C)C(=O)C1)C(=O)O. The summed E-state index contributed by atoms with van der Waals surface area (Å²) in [5.41, 5.74) is 0.412. The highest BCUT2D eigenvalue weighted by Crippen LogP contribution is 2.05. The van der Waals surface area contributed by atoms with Gasteiger partial charge in [0, 0.05) is 32.3 Å². The lowest BCUT2D eigenvalue weighted by molar-refractivity contribution is -0.132. The van der Waals surface area contributed by atoms with Crippen molar-refractivity contribution in [1.82, 2.24) is 9.80 Å². The molecule has 1 saturated heterocycles. The van der Waals surface area contributed by atoms with Gasteiger partial charge < -0.3 is 10.0 Å². The second-order valence-corrected chi connectivity index (χ2v) is 4.29. The Kier molecular flexibility index (Phi) is 5.15. The first-order chi connectivity index (χ1) is 8.04. The zero-order valence-electron chi connectivity index (χ0n) is 10.5. The summed E-state index contributed by atoms with van der Waals surface area (Å²) >= 11 is 0. The number of carbonyl (C=O) groups is 2. The first-order valence-electron chi connectivity index (χ1n) is 5.93. The number of likely N-dealkylation sites (N-methyl/N-ethyl adjacent to an activating group) is 1. The van der Waals surface area contributed by atoms with Gasteiger partial charge in [0.25, 0.3) is 0 Å². The van der Waals surface area contributed by atoms with Crippen LogP contribution in [0.1, 0.15) is 19.8 Å². The molecule has 1 amide bonds. The molecule has 0 atom stereocenters. The first kappa shape index (κ1) is 13.7. The van der Waals surface area contributed by atoms with Crippen LogP contribution < -0.4 is 0 Å². The largest absolute Gasteiger partial charge is 0.478 e. The molecule has 0 radical (unpaired) electrons. The maximum atomic E-state index is 11.6. The molecule has 5 heteroatoms. The van der Waals surface area contributed by atoms with Crippen LogP contribution in [0.3, 0.4) is 0 Å². The van der Waals surface area contributed by atoms with Gasteiger partial charge in [-0.3, -0.25) is 9.69 Å². The average Bonchev–Trinajstić information content (AvgIpc) is 2.42. The maximum Gasteiger partial charge on any atom is 0.331 e. The zero-order chi connectivity index (χ0) is 12.8. The number of carbonyl (C=O) groups excluding carboxylic acids is 1. The summed E-state index contributed by atoms with van der Waals surface area (Å²) in [5.74, 6) is -0.768. The number of rotatable bonds is 4. The fraction of sp³-hybridized carbons (Fsp3) is 0.667. The highest BCUT2D eigenvalue weighted by molar-refractivity contribution is 5.86. The Balaban J connectivity index is 2.56. The summed E-state index contributed by atoms with van der Waals surface area (Å²) in [6, 6.07) is 0. The van der Waals surface area contributed by atoms with Crippen molar-refractivity contribution in [1.29, 1.82) is 0 Å². The molecular weight excluding hydrogens is 220 g/mol. The van der Waals surface area contributed by atoms with Crippen LogP contribution in [0.2, 0.25) is 0 Å². The third-order valence-corrected chi connectivity index (χ3v) is 3.00. The van der Waals surface area contributed by atoms with Crippen LogP contribution in [0.5, 0.6) is 0 Å². The molecule has 1 aliphatic rings.